The van der Waals surface area contributed by atoms with Crippen molar-refractivity contribution < 1.29 is 28.6 Å². The highest BCUT2D eigenvalue weighted by Gasteiger charge is 2.19. The third-order valence-corrected chi connectivity index (χ3v) is 15.5. The van der Waals surface area contributed by atoms with E-state index in [1.54, 1.807) is 0 Å². The lowest BCUT2D eigenvalue weighted by atomic mass is 10.0. The third kappa shape index (κ3) is 62.6. The van der Waals surface area contributed by atoms with E-state index in [2.05, 4.69) is 45.1 Å². The fraction of sp³-hybridized carbons (Fsp3) is 0.899. The molecule has 0 aliphatic carbocycles. The van der Waals surface area contributed by atoms with Gasteiger partial charge in [-0.1, -0.05) is 340 Å². The lowest BCUT2D eigenvalue weighted by molar-refractivity contribution is -0.167. The molecule has 1 atom stereocenters. The van der Waals surface area contributed by atoms with E-state index < -0.39 is 6.10 Å². The molecule has 0 bridgehead atoms. The fourth-order valence-corrected chi connectivity index (χ4v) is 10.3. The zero-order valence-corrected chi connectivity index (χ0v) is 50.8. The van der Waals surface area contributed by atoms with Gasteiger partial charge < -0.3 is 14.2 Å². The molecule has 0 saturated heterocycles. The Kier molecular flexibility index (Phi) is 62.6. The highest BCUT2D eigenvalue weighted by atomic mass is 16.6. The summed E-state index contributed by atoms with van der Waals surface area (Å²) in [5.41, 5.74) is 0. The average Bonchev–Trinajstić information content (AvgIpc) is 3.41. The summed E-state index contributed by atoms with van der Waals surface area (Å²) in [6.45, 7) is 6.61. The molecule has 1 unspecified atom stereocenters. The number of carbonyl (C=O) groups excluding carboxylic acids is 3. The van der Waals surface area contributed by atoms with E-state index >= 15 is 0 Å². The number of hydrogen-bond acceptors (Lipinski definition) is 6. The van der Waals surface area contributed by atoms with Crippen molar-refractivity contribution in [1.82, 2.24) is 0 Å². The van der Waals surface area contributed by atoms with E-state index in [0.717, 1.165) is 83.5 Å². The van der Waals surface area contributed by atoms with Gasteiger partial charge in [-0.15, -0.1) is 0 Å². The van der Waals surface area contributed by atoms with Crippen LogP contribution < -0.4 is 0 Å². The van der Waals surface area contributed by atoms with Gasteiger partial charge in [0.05, 0.1) is 0 Å². The number of rotatable bonds is 63. The molecule has 442 valence electrons. The van der Waals surface area contributed by atoms with Crippen molar-refractivity contribution in [3.05, 3.63) is 24.3 Å². The van der Waals surface area contributed by atoms with Gasteiger partial charge >= 0.3 is 17.9 Å². The first-order chi connectivity index (χ1) is 37.0. The van der Waals surface area contributed by atoms with Gasteiger partial charge in [-0.05, 0) is 44.9 Å². The van der Waals surface area contributed by atoms with E-state index in [9.17, 15) is 14.4 Å². The van der Waals surface area contributed by atoms with Crippen LogP contribution in [-0.4, -0.2) is 37.2 Å². The Bertz CT molecular complexity index is 1210. The van der Waals surface area contributed by atoms with Crippen LogP contribution in [0.1, 0.15) is 380 Å². The normalized spacial score (nSPS) is 12.1. The first kappa shape index (κ1) is 72.9. The molecule has 0 fully saturated rings. The predicted molar refractivity (Wildman–Crippen MR) is 326 cm³/mol. The molecule has 0 aliphatic heterocycles. The maximum atomic E-state index is 12.8. The Hall–Kier alpha value is -2.11. The average molecular weight is 1060 g/mol. The zero-order valence-electron chi connectivity index (χ0n) is 50.8. The molecule has 6 heteroatoms. The Morgan fingerprint density at radius 3 is 0.773 bits per heavy atom. The lowest BCUT2D eigenvalue weighted by Crippen LogP contribution is -2.30. The van der Waals surface area contributed by atoms with Gasteiger partial charge in [0.2, 0.25) is 0 Å². The largest absolute Gasteiger partial charge is 0.462 e. The van der Waals surface area contributed by atoms with Gasteiger partial charge in [-0.2, -0.15) is 0 Å². The van der Waals surface area contributed by atoms with Crippen LogP contribution in [0.5, 0.6) is 0 Å². The summed E-state index contributed by atoms with van der Waals surface area (Å²) < 4.78 is 16.8. The fourth-order valence-electron chi connectivity index (χ4n) is 10.3. The summed E-state index contributed by atoms with van der Waals surface area (Å²) in [6.07, 6.45) is 78.2. The minimum absolute atomic E-state index is 0.0721. The van der Waals surface area contributed by atoms with E-state index in [4.69, 9.17) is 14.2 Å². The van der Waals surface area contributed by atoms with Crippen LogP contribution in [0.4, 0.5) is 0 Å². The van der Waals surface area contributed by atoms with E-state index in [-0.39, 0.29) is 31.1 Å². The smallest absolute Gasteiger partial charge is 0.306 e. The Morgan fingerprint density at radius 1 is 0.267 bits per heavy atom. The summed E-state index contributed by atoms with van der Waals surface area (Å²) in [6, 6.07) is 0. The van der Waals surface area contributed by atoms with E-state index in [1.165, 1.54) is 257 Å². The van der Waals surface area contributed by atoms with Crippen molar-refractivity contribution in [2.45, 2.75) is 386 Å². The third-order valence-electron chi connectivity index (χ3n) is 15.5. The number of allylic oxidation sites excluding steroid dienone is 4. The number of ether oxygens (including phenoxy) is 3. The maximum absolute atomic E-state index is 12.8. The molecule has 0 aliphatic rings. The summed E-state index contributed by atoms with van der Waals surface area (Å²) >= 11 is 0. The molecule has 0 radical (unpaired) electrons. The van der Waals surface area contributed by atoms with E-state index in [1.807, 2.05) is 0 Å². The minimum atomic E-state index is -0.773. The lowest BCUT2D eigenvalue weighted by Gasteiger charge is -2.18. The molecule has 0 saturated carbocycles. The van der Waals surface area contributed by atoms with Gasteiger partial charge in [-0.3, -0.25) is 14.4 Å². The maximum Gasteiger partial charge on any atom is 0.306 e. The van der Waals surface area contributed by atoms with Gasteiger partial charge in [0, 0.05) is 19.3 Å². The highest BCUT2D eigenvalue weighted by molar-refractivity contribution is 5.71. The molecule has 0 rings (SSSR count). The van der Waals surface area contributed by atoms with Crippen molar-refractivity contribution in [3.8, 4) is 0 Å². The molecule has 0 spiro atoms. The van der Waals surface area contributed by atoms with Crippen molar-refractivity contribution in [2.75, 3.05) is 13.2 Å². The molecule has 0 N–H and O–H groups in total. The second-order valence-electron chi connectivity index (χ2n) is 23.1. The summed E-state index contributed by atoms with van der Waals surface area (Å²) in [7, 11) is 0. The molecule has 0 aromatic rings. The summed E-state index contributed by atoms with van der Waals surface area (Å²) in [4.78, 5) is 38.0. The first-order valence-corrected chi connectivity index (χ1v) is 33.8. The molecule has 0 aromatic carbocycles. The van der Waals surface area contributed by atoms with E-state index in [0.29, 0.717) is 19.3 Å². The van der Waals surface area contributed by atoms with Crippen molar-refractivity contribution in [3.63, 3.8) is 0 Å². The quantitative estimate of drug-likeness (QED) is 0.0261. The van der Waals surface area contributed by atoms with Gasteiger partial charge in [-0.25, -0.2) is 0 Å². The standard InChI is InChI=1S/C69H130O6/c1-4-7-10-13-16-19-21-23-25-26-27-28-29-30-31-32-33-34-35-36-37-38-39-40-41-42-43-44-45-47-48-50-53-56-59-62-68(71)74-65-66(64-73-67(70)61-58-55-52-18-15-12-9-6-3)75-69(72)63-60-57-54-51-49-46-24-22-20-17-14-11-8-5-2/h14,17,22,24,66H,4-13,15-16,18-21,23,25-65H2,1-3H3/b17-14-,24-22-. The van der Waals surface area contributed by atoms with Gasteiger partial charge in [0.15, 0.2) is 6.10 Å². The molecule has 0 aromatic heterocycles. The van der Waals surface area contributed by atoms with Crippen LogP contribution in [0.2, 0.25) is 0 Å². The van der Waals surface area contributed by atoms with Crippen LogP contribution in [0.15, 0.2) is 24.3 Å². The topological polar surface area (TPSA) is 78.9 Å². The zero-order chi connectivity index (χ0) is 54.3. The second-order valence-corrected chi connectivity index (χ2v) is 23.1. The summed E-state index contributed by atoms with van der Waals surface area (Å²) in [5, 5.41) is 0. The van der Waals surface area contributed by atoms with Crippen LogP contribution >= 0.6 is 0 Å². The second kappa shape index (κ2) is 64.4. The number of esters is 3. The van der Waals surface area contributed by atoms with Crippen molar-refractivity contribution in [2.24, 2.45) is 0 Å². The van der Waals surface area contributed by atoms with Crippen LogP contribution in [0.25, 0.3) is 0 Å². The van der Waals surface area contributed by atoms with Crippen molar-refractivity contribution in [1.29, 1.82) is 0 Å². The molecule has 0 heterocycles. The SMILES string of the molecule is CCCC/C=C\C/C=C\CCCCCCCC(=O)OC(COC(=O)CCCCCCCCCC)COC(=O)CCCCCCCCCCCCCCCCCCCCCCCCCCCCCCCCCCCCC. The minimum Gasteiger partial charge on any atom is -0.462 e. The van der Waals surface area contributed by atoms with Crippen LogP contribution in [0.3, 0.4) is 0 Å². The summed E-state index contributed by atoms with van der Waals surface area (Å²) in [5.74, 6) is -0.870. The van der Waals surface area contributed by atoms with Gasteiger partial charge in [0.1, 0.15) is 13.2 Å². The molecular weight excluding hydrogens is 925 g/mol. The monoisotopic (exact) mass is 1050 g/mol. The number of unbranched alkanes of at least 4 members (excludes halogenated alkanes) is 48. The van der Waals surface area contributed by atoms with Gasteiger partial charge in [0.25, 0.3) is 0 Å². The molecule has 75 heavy (non-hydrogen) atoms. The predicted octanol–water partition coefficient (Wildman–Crippen LogP) is 23.0. The highest BCUT2D eigenvalue weighted by Crippen LogP contribution is 2.19. The molecule has 6 nitrogen and oxygen atoms in total. The number of carbonyl (C=O) groups is 3. The van der Waals surface area contributed by atoms with Crippen molar-refractivity contribution >= 4 is 17.9 Å². The van der Waals surface area contributed by atoms with Crippen LogP contribution in [-0.2, 0) is 28.6 Å². The molecular formula is C69H130O6. The van der Waals surface area contributed by atoms with Crippen LogP contribution in [0, 0.1) is 0 Å². The Balaban J connectivity index is 3.90. The first-order valence-electron chi connectivity index (χ1n) is 33.8. The number of hydrogen-bond donors (Lipinski definition) is 0. The Morgan fingerprint density at radius 2 is 0.493 bits per heavy atom. The molecule has 0 amide bonds. The Labute approximate surface area is 468 Å².